The third-order valence-corrected chi connectivity index (χ3v) is 0. The van der Waals surface area contributed by atoms with E-state index in [1.807, 2.05) is 0 Å². The van der Waals surface area contributed by atoms with Gasteiger partial charge in [0.2, 0.25) is 0 Å². The molecule has 4 nitrogen and oxygen atoms in total. The SMILES string of the molecule is O=S(=O)([O-])[O-].[La+3].[Sr+2]. The first-order valence-corrected chi connectivity index (χ1v) is 2.00. The molecule has 0 bridgehead atoms. The van der Waals surface area contributed by atoms with E-state index in [4.69, 9.17) is 17.5 Å². The molecule has 0 aliphatic heterocycles. The van der Waals surface area contributed by atoms with Crippen LogP contribution in [0.1, 0.15) is 0 Å². The fourth-order valence-corrected chi connectivity index (χ4v) is 0. The molecule has 0 fully saturated rings. The smallest absolute Gasteiger partial charge is 0.759 e. The topological polar surface area (TPSA) is 80.3 Å². The van der Waals surface area contributed by atoms with E-state index in [1.165, 1.54) is 0 Å². The molecule has 0 radical (unpaired) electrons. The quantitative estimate of drug-likeness (QED) is 0.302. The molecule has 0 unspecified atom stereocenters. The zero-order chi connectivity index (χ0) is 4.50. The van der Waals surface area contributed by atoms with Crippen molar-refractivity contribution in [2.45, 2.75) is 0 Å². The zero-order valence-corrected chi connectivity index (χ0v) is 11.2. The van der Waals surface area contributed by atoms with Gasteiger partial charge in [0.15, 0.2) is 0 Å². The van der Waals surface area contributed by atoms with Gasteiger partial charge in [0.25, 0.3) is 0 Å². The van der Waals surface area contributed by atoms with Gasteiger partial charge in [-0.25, -0.2) is 0 Å². The zero-order valence-electron chi connectivity index (χ0n) is 3.33. The number of hydrogen-bond donors (Lipinski definition) is 0. The van der Waals surface area contributed by atoms with Crippen LogP contribution in [0.2, 0.25) is 0 Å². The third kappa shape index (κ3) is 56.5. The van der Waals surface area contributed by atoms with Crippen LogP contribution in [0, 0.1) is 35.6 Å². The monoisotopic (exact) mass is 323 g/mol. The van der Waals surface area contributed by atoms with E-state index in [1.54, 1.807) is 0 Å². The van der Waals surface area contributed by atoms with Gasteiger partial charge in [-0.1, -0.05) is 0 Å². The van der Waals surface area contributed by atoms with Crippen LogP contribution in [-0.4, -0.2) is 63.0 Å². The van der Waals surface area contributed by atoms with Crippen molar-refractivity contribution in [2.75, 3.05) is 0 Å². The molecule has 0 aromatic carbocycles. The Morgan fingerprint density at radius 3 is 1.14 bits per heavy atom. The summed E-state index contributed by atoms with van der Waals surface area (Å²) in [6.07, 6.45) is 0. The molecule has 0 aromatic heterocycles. The van der Waals surface area contributed by atoms with E-state index in [0.29, 0.717) is 0 Å². The van der Waals surface area contributed by atoms with Gasteiger partial charge in [-0.2, -0.15) is 0 Å². The molecule has 0 saturated carbocycles. The van der Waals surface area contributed by atoms with Gasteiger partial charge in [0.05, 0.1) is 0 Å². The van der Waals surface area contributed by atoms with E-state index in [0.717, 1.165) is 0 Å². The summed E-state index contributed by atoms with van der Waals surface area (Å²) in [5.41, 5.74) is 0. The van der Waals surface area contributed by atoms with E-state index in [2.05, 4.69) is 0 Å². The molecular formula is LaO4SSr+3. The molecule has 0 N–H and O–H groups in total. The van der Waals surface area contributed by atoms with Gasteiger partial charge in [-0.05, 0) is 0 Å². The molecule has 0 saturated heterocycles. The average Bonchev–Trinajstić information content (AvgIpc) is 0.722. The largest absolute Gasteiger partial charge is 3.00 e. The maximum atomic E-state index is 8.52. The number of hydrogen-bond acceptors (Lipinski definition) is 4. The predicted molar refractivity (Wildman–Crippen MR) is 16.2 cm³/mol. The van der Waals surface area contributed by atoms with Crippen molar-refractivity contribution in [1.82, 2.24) is 0 Å². The first kappa shape index (κ1) is 16.3. The molecule has 0 rings (SSSR count). The Morgan fingerprint density at radius 2 is 1.14 bits per heavy atom. The maximum absolute atomic E-state index is 8.52. The summed E-state index contributed by atoms with van der Waals surface area (Å²) in [5, 5.41) is 0. The van der Waals surface area contributed by atoms with Crippen LogP contribution < -0.4 is 0 Å². The molecule has 0 aromatic rings. The Labute approximate surface area is 106 Å². The van der Waals surface area contributed by atoms with Crippen molar-refractivity contribution in [3.8, 4) is 0 Å². The molecule has 0 heterocycles. The summed E-state index contributed by atoms with van der Waals surface area (Å²) >= 11 is 0. The summed E-state index contributed by atoms with van der Waals surface area (Å²) in [6, 6.07) is 0. The minimum Gasteiger partial charge on any atom is -0.759 e. The van der Waals surface area contributed by atoms with Crippen LogP contribution in [0.5, 0.6) is 0 Å². The third-order valence-electron chi connectivity index (χ3n) is 0. The van der Waals surface area contributed by atoms with Crippen molar-refractivity contribution < 1.29 is 53.1 Å². The molecule has 7 heteroatoms. The second-order valence-electron chi connectivity index (χ2n) is 0.408. The van der Waals surface area contributed by atoms with Crippen molar-refractivity contribution in [1.29, 1.82) is 0 Å². The summed E-state index contributed by atoms with van der Waals surface area (Å²) in [4.78, 5) is 0. The fourth-order valence-electron chi connectivity index (χ4n) is 0. The second-order valence-corrected chi connectivity index (χ2v) is 1.22. The van der Waals surface area contributed by atoms with Gasteiger partial charge >= 0.3 is 81.1 Å². The van der Waals surface area contributed by atoms with Gasteiger partial charge < -0.3 is 9.11 Å². The standard InChI is InChI=1S/La.H2O4S.Sr/c;1-5(2,3)4;/h;(H2,1,2,3,4);/q+3;;+2/p-2. The van der Waals surface area contributed by atoms with E-state index >= 15 is 0 Å². The Morgan fingerprint density at radius 1 is 1.14 bits per heavy atom. The van der Waals surface area contributed by atoms with Crippen molar-refractivity contribution in [2.24, 2.45) is 0 Å². The summed E-state index contributed by atoms with van der Waals surface area (Å²) < 4.78 is 34.1. The molecule has 0 amide bonds. The Balaban J connectivity index is -0.0000000800. The van der Waals surface area contributed by atoms with Gasteiger partial charge in [-0.3, -0.25) is 8.42 Å². The summed E-state index contributed by atoms with van der Waals surface area (Å²) in [7, 11) is -5.17. The van der Waals surface area contributed by atoms with Gasteiger partial charge in [-0.15, -0.1) is 0 Å². The molecule has 0 aliphatic rings. The minimum atomic E-state index is -5.17. The van der Waals surface area contributed by atoms with Gasteiger partial charge in [0, 0.05) is 10.4 Å². The second kappa shape index (κ2) is 6.66. The van der Waals surface area contributed by atoms with Crippen molar-refractivity contribution in [3.05, 3.63) is 0 Å². The van der Waals surface area contributed by atoms with Gasteiger partial charge in [0.1, 0.15) is 0 Å². The van der Waals surface area contributed by atoms with Crippen LogP contribution >= 0.6 is 0 Å². The Hall–Kier alpha value is 2.55. The summed E-state index contributed by atoms with van der Waals surface area (Å²) in [6.45, 7) is 0. The van der Waals surface area contributed by atoms with Crippen molar-refractivity contribution >= 4 is 55.9 Å². The van der Waals surface area contributed by atoms with Crippen LogP contribution in [-0.2, 0) is 10.4 Å². The molecule has 0 spiro atoms. The molecule has 32 valence electrons. The van der Waals surface area contributed by atoms with Crippen LogP contribution in [0.15, 0.2) is 0 Å². The minimum absolute atomic E-state index is 0. The first-order chi connectivity index (χ1) is 2.00. The van der Waals surface area contributed by atoms with Crippen LogP contribution in [0.3, 0.4) is 0 Å². The Bertz CT molecular complexity index is 94.9. The maximum Gasteiger partial charge on any atom is 3.00 e. The molecule has 0 aliphatic carbocycles. The fraction of sp³-hybridized carbons (Fsp3) is 0. The summed E-state index contributed by atoms with van der Waals surface area (Å²) in [5.74, 6) is 0. The normalized spacial score (nSPS) is 8.29. The number of rotatable bonds is 0. The first-order valence-electron chi connectivity index (χ1n) is 0.667. The predicted octanol–water partition coefficient (Wildman–Crippen LogP) is -1.72. The van der Waals surface area contributed by atoms with Crippen molar-refractivity contribution in [3.63, 3.8) is 0 Å². The Kier molecular flexibility index (Phi) is 15.5. The molecule has 7 heavy (non-hydrogen) atoms. The van der Waals surface area contributed by atoms with E-state index in [-0.39, 0.29) is 81.1 Å². The van der Waals surface area contributed by atoms with Crippen LogP contribution in [0.4, 0.5) is 0 Å². The van der Waals surface area contributed by atoms with E-state index < -0.39 is 10.4 Å². The molecular weight excluding hydrogens is 323 g/mol. The van der Waals surface area contributed by atoms with E-state index in [9.17, 15) is 0 Å². The average molecular weight is 323 g/mol. The van der Waals surface area contributed by atoms with Crippen LogP contribution in [0.25, 0.3) is 0 Å². The molecule has 0 atom stereocenters.